The first-order valence-electron chi connectivity index (χ1n) is 16.6. The van der Waals surface area contributed by atoms with Crippen LogP contribution in [-0.2, 0) is 6.42 Å². The van der Waals surface area contributed by atoms with Crippen molar-refractivity contribution in [1.82, 2.24) is 9.55 Å². The number of nitrogens with zero attached hydrogens (tertiary/aromatic N) is 2. The summed E-state index contributed by atoms with van der Waals surface area (Å²) in [4.78, 5) is 4.91. The largest absolute Gasteiger partial charge is 0.456 e. The Labute approximate surface area is 277 Å². The van der Waals surface area contributed by atoms with E-state index < -0.39 is 0 Å². The van der Waals surface area contributed by atoms with Crippen molar-refractivity contribution in [1.29, 1.82) is 0 Å². The number of fused-ring (bicyclic) bond motifs is 8. The van der Waals surface area contributed by atoms with E-state index in [1.165, 1.54) is 54.4 Å². The summed E-state index contributed by atoms with van der Waals surface area (Å²) in [6, 6.07) is 54.6. The predicted octanol–water partition coefficient (Wildman–Crippen LogP) is 12.3. The van der Waals surface area contributed by atoms with Crippen LogP contribution in [0.25, 0.3) is 93.2 Å². The molecule has 48 heavy (non-hydrogen) atoms. The van der Waals surface area contributed by atoms with Gasteiger partial charge in [-0.05, 0) is 97.0 Å². The van der Waals surface area contributed by atoms with Crippen LogP contribution in [0.15, 0.2) is 156 Å². The first-order chi connectivity index (χ1) is 23.8. The van der Waals surface area contributed by atoms with Gasteiger partial charge in [0.05, 0.1) is 11.0 Å². The number of rotatable bonds is 4. The summed E-state index contributed by atoms with van der Waals surface area (Å²) in [5, 5.41) is 9.69. The highest BCUT2D eigenvalue weighted by molar-refractivity contribution is 6.23. The van der Waals surface area contributed by atoms with E-state index in [4.69, 9.17) is 9.40 Å². The smallest absolute Gasteiger partial charge is 0.136 e. The Balaban J connectivity index is 1.18. The summed E-state index contributed by atoms with van der Waals surface area (Å²) in [7, 11) is 0. The lowest BCUT2D eigenvalue weighted by atomic mass is 9.86. The number of aryl methyl sites for hydroxylation is 1. The summed E-state index contributed by atoms with van der Waals surface area (Å²) in [6.45, 7) is 2.17. The molecular formula is C45H30N2O. The SMILES string of the molecule is CCc1nc2ccccc2n1-c1ccc(-c2c3ccccc3c(-c3ccc4c(c3)oc3ccc5ccccc5c34)c3ccccc23)cc1. The Morgan fingerprint density at radius 1 is 0.521 bits per heavy atom. The Kier molecular flexibility index (Phi) is 5.85. The van der Waals surface area contributed by atoms with Crippen molar-refractivity contribution in [3.05, 3.63) is 157 Å². The molecule has 3 heteroatoms. The van der Waals surface area contributed by atoms with Crippen molar-refractivity contribution in [2.45, 2.75) is 13.3 Å². The summed E-state index contributed by atoms with van der Waals surface area (Å²) < 4.78 is 8.81. The first kappa shape index (κ1) is 27.0. The minimum absolute atomic E-state index is 0.865. The third-order valence-corrected chi connectivity index (χ3v) is 9.94. The molecule has 2 aromatic heterocycles. The fourth-order valence-corrected chi connectivity index (χ4v) is 7.83. The van der Waals surface area contributed by atoms with Crippen LogP contribution in [0.2, 0.25) is 0 Å². The molecule has 10 rings (SSSR count). The van der Waals surface area contributed by atoms with Gasteiger partial charge in [0.1, 0.15) is 17.0 Å². The average Bonchev–Trinajstić information content (AvgIpc) is 3.72. The van der Waals surface area contributed by atoms with Gasteiger partial charge in [0, 0.05) is 22.9 Å². The summed E-state index contributed by atoms with van der Waals surface area (Å²) in [5.74, 6) is 1.07. The molecule has 0 amide bonds. The quantitative estimate of drug-likeness (QED) is 0.185. The zero-order chi connectivity index (χ0) is 31.8. The number of hydrogen-bond donors (Lipinski definition) is 0. The van der Waals surface area contributed by atoms with Crippen LogP contribution in [0.4, 0.5) is 0 Å². The van der Waals surface area contributed by atoms with Crippen LogP contribution in [0.5, 0.6) is 0 Å². The Hall–Kier alpha value is -6.19. The van der Waals surface area contributed by atoms with Crippen LogP contribution < -0.4 is 0 Å². The zero-order valence-electron chi connectivity index (χ0n) is 26.4. The number of aromatic nitrogens is 2. The molecule has 3 nitrogen and oxygen atoms in total. The molecule has 0 unspecified atom stereocenters. The zero-order valence-corrected chi connectivity index (χ0v) is 26.4. The van der Waals surface area contributed by atoms with Crippen molar-refractivity contribution in [3.8, 4) is 27.9 Å². The van der Waals surface area contributed by atoms with Gasteiger partial charge in [-0.1, -0.05) is 116 Å². The van der Waals surface area contributed by atoms with Crippen molar-refractivity contribution in [2.24, 2.45) is 0 Å². The third kappa shape index (κ3) is 3.91. The minimum atomic E-state index is 0.865. The van der Waals surface area contributed by atoms with Gasteiger partial charge in [-0.3, -0.25) is 4.57 Å². The van der Waals surface area contributed by atoms with Gasteiger partial charge < -0.3 is 4.42 Å². The molecule has 0 aliphatic heterocycles. The van der Waals surface area contributed by atoms with Gasteiger partial charge in [0.2, 0.25) is 0 Å². The van der Waals surface area contributed by atoms with Crippen LogP contribution in [0, 0.1) is 0 Å². The van der Waals surface area contributed by atoms with Crippen molar-refractivity contribution in [3.63, 3.8) is 0 Å². The maximum atomic E-state index is 6.52. The normalized spacial score (nSPS) is 11.9. The Bertz CT molecular complexity index is 2820. The highest BCUT2D eigenvalue weighted by atomic mass is 16.3. The fraction of sp³-hybridized carbons (Fsp3) is 0.0444. The monoisotopic (exact) mass is 614 g/mol. The lowest BCUT2D eigenvalue weighted by molar-refractivity contribution is 0.669. The molecule has 8 aromatic carbocycles. The molecule has 0 fully saturated rings. The first-order valence-corrected chi connectivity index (χ1v) is 16.6. The summed E-state index contributed by atoms with van der Waals surface area (Å²) in [6.07, 6.45) is 0.865. The van der Waals surface area contributed by atoms with Crippen LogP contribution in [0.1, 0.15) is 12.7 Å². The average molecular weight is 615 g/mol. The number of benzene rings is 8. The van der Waals surface area contributed by atoms with Crippen molar-refractivity contribution < 1.29 is 4.42 Å². The van der Waals surface area contributed by atoms with E-state index in [-0.39, 0.29) is 0 Å². The highest BCUT2D eigenvalue weighted by Gasteiger charge is 2.19. The van der Waals surface area contributed by atoms with Crippen molar-refractivity contribution in [2.75, 3.05) is 0 Å². The minimum Gasteiger partial charge on any atom is -0.456 e. The lowest BCUT2D eigenvalue weighted by Crippen LogP contribution is -2.00. The maximum Gasteiger partial charge on any atom is 0.136 e. The second-order valence-corrected chi connectivity index (χ2v) is 12.6. The van der Waals surface area contributed by atoms with E-state index in [1.54, 1.807) is 0 Å². The van der Waals surface area contributed by atoms with E-state index in [0.29, 0.717) is 0 Å². The van der Waals surface area contributed by atoms with Gasteiger partial charge in [-0.2, -0.15) is 0 Å². The fourth-order valence-electron chi connectivity index (χ4n) is 7.83. The van der Waals surface area contributed by atoms with E-state index in [0.717, 1.165) is 51.1 Å². The van der Waals surface area contributed by atoms with Gasteiger partial charge in [0.25, 0.3) is 0 Å². The molecular weight excluding hydrogens is 585 g/mol. The lowest BCUT2D eigenvalue weighted by Gasteiger charge is -2.18. The maximum absolute atomic E-state index is 6.52. The predicted molar refractivity (Wildman–Crippen MR) is 201 cm³/mol. The van der Waals surface area contributed by atoms with Gasteiger partial charge in [0.15, 0.2) is 0 Å². The molecule has 0 atom stereocenters. The number of furan rings is 1. The molecule has 226 valence electrons. The molecule has 0 spiro atoms. The van der Waals surface area contributed by atoms with Crippen LogP contribution in [-0.4, -0.2) is 9.55 Å². The van der Waals surface area contributed by atoms with Crippen molar-refractivity contribution >= 4 is 65.3 Å². The molecule has 0 saturated carbocycles. The topological polar surface area (TPSA) is 31.0 Å². The summed E-state index contributed by atoms with van der Waals surface area (Å²) >= 11 is 0. The second-order valence-electron chi connectivity index (χ2n) is 12.6. The second kappa shape index (κ2) is 10.4. The number of hydrogen-bond acceptors (Lipinski definition) is 2. The number of imidazole rings is 1. The molecule has 0 saturated heterocycles. The van der Waals surface area contributed by atoms with Gasteiger partial charge in [-0.15, -0.1) is 0 Å². The van der Waals surface area contributed by atoms with Gasteiger partial charge in [-0.25, -0.2) is 4.98 Å². The number of para-hydroxylation sites is 2. The molecule has 0 radical (unpaired) electrons. The molecule has 2 heterocycles. The standard InChI is InChI=1S/C45H30N2O/c1-2-42-46-38-17-9-10-18-39(38)47(42)31-23-19-29(20-24-31)43-33-13-5-7-15-35(33)44(36-16-8-6-14-34(36)43)30-21-25-37-41(27-30)48-40-26-22-28-11-3-4-12-32(28)45(37)40/h3-27H,2H2,1H3. The molecule has 0 bridgehead atoms. The van der Waals surface area contributed by atoms with E-state index >= 15 is 0 Å². The Morgan fingerprint density at radius 2 is 1.12 bits per heavy atom. The van der Waals surface area contributed by atoms with Gasteiger partial charge >= 0.3 is 0 Å². The van der Waals surface area contributed by atoms with Crippen LogP contribution in [0.3, 0.4) is 0 Å². The molecule has 0 N–H and O–H groups in total. The van der Waals surface area contributed by atoms with E-state index in [1.807, 2.05) is 0 Å². The third-order valence-electron chi connectivity index (χ3n) is 9.94. The summed E-state index contributed by atoms with van der Waals surface area (Å²) in [5.41, 5.74) is 9.94. The molecule has 0 aliphatic rings. The highest BCUT2D eigenvalue weighted by Crippen LogP contribution is 2.45. The van der Waals surface area contributed by atoms with E-state index in [2.05, 4.69) is 163 Å². The molecule has 10 aromatic rings. The molecule has 0 aliphatic carbocycles. The Morgan fingerprint density at radius 3 is 1.83 bits per heavy atom. The van der Waals surface area contributed by atoms with E-state index in [9.17, 15) is 0 Å². The van der Waals surface area contributed by atoms with Crippen LogP contribution >= 0.6 is 0 Å².